The van der Waals surface area contributed by atoms with E-state index in [1.165, 1.54) is 10.4 Å². The van der Waals surface area contributed by atoms with E-state index in [1.54, 1.807) is 0 Å². The summed E-state index contributed by atoms with van der Waals surface area (Å²) >= 11 is 1.81. The highest BCUT2D eigenvalue weighted by molar-refractivity contribution is 7.10. The Kier molecular flexibility index (Phi) is 3.29. The van der Waals surface area contributed by atoms with Crippen LogP contribution >= 0.6 is 11.3 Å². The summed E-state index contributed by atoms with van der Waals surface area (Å²) in [5.41, 5.74) is 1.29. The molecule has 2 atom stereocenters. The second-order valence-corrected chi connectivity index (χ2v) is 6.42. The normalized spacial score (nSPS) is 25.8. The third-order valence-corrected chi connectivity index (χ3v) is 5.01. The van der Waals surface area contributed by atoms with Crippen molar-refractivity contribution in [2.45, 2.75) is 25.3 Å². The molecule has 2 unspecified atom stereocenters. The standard InChI is InChI=1S/C14H17N3O2S/c1-4-15-13(10-3-6-20-11(1)10)14-16-12(17-19-14)7-9-2-5-18-8-9/h3,6,9,13,15H,1-2,4-5,7-8H2. The van der Waals surface area contributed by atoms with Crippen LogP contribution in [-0.4, -0.2) is 29.9 Å². The SMILES string of the molecule is c1cc2c(s1)CCNC2c1nc(CC2CCOC2)no1. The van der Waals surface area contributed by atoms with Crippen LogP contribution in [0.5, 0.6) is 0 Å². The third kappa shape index (κ3) is 2.28. The number of hydrogen-bond acceptors (Lipinski definition) is 6. The Morgan fingerprint density at radius 1 is 1.45 bits per heavy atom. The molecule has 2 aliphatic rings. The van der Waals surface area contributed by atoms with E-state index < -0.39 is 0 Å². The van der Waals surface area contributed by atoms with Crippen molar-refractivity contribution in [2.75, 3.05) is 19.8 Å². The largest absolute Gasteiger partial charge is 0.381 e. The van der Waals surface area contributed by atoms with Gasteiger partial charge < -0.3 is 14.6 Å². The molecule has 1 saturated heterocycles. The summed E-state index contributed by atoms with van der Waals surface area (Å²) < 4.78 is 10.9. The van der Waals surface area contributed by atoms with E-state index in [0.29, 0.717) is 11.8 Å². The molecule has 6 heteroatoms. The molecule has 0 saturated carbocycles. The van der Waals surface area contributed by atoms with Crippen molar-refractivity contribution in [1.29, 1.82) is 0 Å². The lowest BCUT2D eigenvalue weighted by Crippen LogP contribution is -2.29. The summed E-state index contributed by atoms with van der Waals surface area (Å²) in [5.74, 6) is 2.04. The summed E-state index contributed by atoms with van der Waals surface area (Å²) in [6.07, 6.45) is 3.04. The van der Waals surface area contributed by atoms with Gasteiger partial charge in [-0.05, 0) is 35.8 Å². The molecule has 2 aliphatic heterocycles. The number of thiophene rings is 1. The van der Waals surface area contributed by atoms with Crippen LogP contribution in [0.2, 0.25) is 0 Å². The molecule has 0 bridgehead atoms. The highest BCUT2D eigenvalue weighted by atomic mass is 32.1. The van der Waals surface area contributed by atoms with Crippen molar-refractivity contribution in [2.24, 2.45) is 5.92 Å². The number of nitrogens with zero attached hydrogens (tertiary/aromatic N) is 2. The van der Waals surface area contributed by atoms with Gasteiger partial charge in [-0.2, -0.15) is 4.98 Å². The first-order chi connectivity index (χ1) is 9.90. The number of ether oxygens (including phenoxy) is 1. The quantitative estimate of drug-likeness (QED) is 0.936. The van der Waals surface area contributed by atoms with E-state index in [-0.39, 0.29) is 6.04 Å². The van der Waals surface area contributed by atoms with Gasteiger partial charge in [0.15, 0.2) is 5.82 Å². The molecule has 20 heavy (non-hydrogen) atoms. The van der Waals surface area contributed by atoms with Gasteiger partial charge in [-0.25, -0.2) is 0 Å². The number of fused-ring (bicyclic) bond motifs is 1. The molecule has 0 amide bonds. The Morgan fingerprint density at radius 3 is 3.35 bits per heavy atom. The molecule has 1 fully saturated rings. The Morgan fingerprint density at radius 2 is 2.45 bits per heavy atom. The van der Waals surface area contributed by atoms with E-state index in [2.05, 4.69) is 26.9 Å². The zero-order valence-electron chi connectivity index (χ0n) is 11.2. The minimum atomic E-state index is 0.0612. The van der Waals surface area contributed by atoms with Gasteiger partial charge in [0, 0.05) is 31.1 Å². The predicted octanol–water partition coefficient (Wildman–Crippen LogP) is 1.95. The Bertz CT molecular complexity index is 589. The van der Waals surface area contributed by atoms with Crippen LogP contribution in [0.4, 0.5) is 0 Å². The predicted molar refractivity (Wildman–Crippen MR) is 74.8 cm³/mol. The summed E-state index contributed by atoms with van der Waals surface area (Å²) in [4.78, 5) is 6.01. The van der Waals surface area contributed by atoms with Gasteiger partial charge in [0.05, 0.1) is 0 Å². The van der Waals surface area contributed by atoms with Gasteiger partial charge in [0.2, 0.25) is 5.89 Å². The maximum absolute atomic E-state index is 5.48. The van der Waals surface area contributed by atoms with E-state index in [1.807, 2.05) is 11.3 Å². The maximum Gasteiger partial charge on any atom is 0.248 e. The molecule has 0 radical (unpaired) electrons. The second-order valence-electron chi connectivity index (χ2n) is 5.42. The molecule has 0 aliphatic carbocycles. The van der Waals surface area contributed by atoms with Gasteiger partial charge in [-0.15, -0.1) is 11.3 Å². The second kappa shape index (κ2) is 5.27. The van der Waals surface area contributed by atoms with Crippen molar-refractivity contribution >= 4 is 11.3 Å². The zero-order valence-corrected chi connectivity index (χ0v) is 12.0. The number of aromatic nitrogens is 2. The van der Waals surface area contributed by atoms with Crippen LogP contribution in [0, 0.1) is 5.92 Å². The first-order valence-electron chi connectivity index (χ1n) is 7.10. The first kappa shape index (κ1) is 12.5. The average molecular weight is 291 g/mol. The Hall–Kier alpha value is -1.24. The molecule has 4 heterocycles. The lowest BCUT2D eigenvalue weighted by Gasteiger charge is -2.20. The third-order valence-electron chi connectivity index (χ3n) is 4.02. The van der Waals surface area contributed by atoms with Crippen LogP contribution in [0.15, 0.2) is 16.0 Å². The van der Waals surface area contributed by atoms with Crippen LogP contribution in [0.25, 0.3) is 0 Å². The molecule has 106 valence electrons. The van der Waals surface area contributed by atoms with Gasteiger partial charge in [-0.3, -0.25) is 0 Å². The summed E-state index contributed by atoms with van der Waals surface area (Å²) in [7, 11) is 0. The maximum atomic E-state index is 5.48. The monoisotopic (exact) mass is 291 g/mol. The Labute approximate surface area is 121 Å². The van der Waals surface area contributed by atoms with Gasteiger partial charge in [-0.1, -0.05) is 5.16 Å². The number of nitrogens with one attached hydrogen (secondary N) is 1. The summed E-state index contributed by atoms with van der Waals surface area (Å²) in [5, 5.41) is 9.74. The lowest BCUT2D eigenvalue weighted by atomic mass is 10.0. The van der Waals surface area contributed by atoms with Gasteiger partial charge in [0.1, 0.15) is 6.04 Å². The van der Waals surface area contributed by atoms with Gasteiger partial charge in [0.25, 0.3) is 0 Å². The minimum absolute atomic E-state index is 0.0612. The van der Waals surface area contributed by atoms with Crippen molar-refractivity contribution in [1.82, 2.24) is 15.5 Å². The summed E-state index contributed by atoms with van der Waals surface area (Å²) in [6.45, 7) is 2.64. The van der Waals surface area contributed by atoms with Crippen molar-refractivity contribution in [3.8, 4) is 0 Å². The van der Waals surface area contributed by atoms with E-state index in [4.69, 9.17) is 9.26 Å². The summed E-state index contributed by atoms with van der Waals surface area (Å²) in [6, 6.07) is 2.22. The molecule has 5 nitrogen and oxygen atoms in total. The van der Waals surface area contributed by atoms with Crippen molar-refractivity contribution in [3.63, 3.8) is 0 Å². The number of hydrogen-bond donors (Lipinski definition) is 1. The average Bonchev–Trinajstić information content (AvgIpc) is 3.19. The minimum Gasteiger partial charge on any atom is -0.381 e. The van der Waals surface area contributed by atoms with Crippen molar-refractivity contribution < 1.29 is 9.26 Å². The van der Waals surface area contributed by atoms with Gasteiger partial charge >= 0.3 is 0 Å². The number of rotatable bonds is 3. The van der Waals surface area contributed by atoms with E-state index in [9.17, 15) is 0 Å². The molecular weight excluding hydrogens is 274 g/mol. The molecular formula is C14H17N3O2S. The fraction of sp³-hybridized carbons (Fsp3) is 0.571. The first-order valence-corrected chi connectivity index (χ1v) is 7.98. The van der Waals surface area contributed by atoms with Crippen LogP contribution in [-0.2, 0) is 17.6 Å². The van der Waals surface area contributed by atoms with E-state index in [0.717, 1.165) is 44.8 Å². The topological polar surface area (TPSA) is 60.2 Å². The van der Waals surface area contributed by atoms with Crippen LogP contribution in [0.3, 0.4) is 0 Å². The Balaban J connectivity index is 1.54. The molecule has 2 aromatic heterocycles. The van der Waals surface area contributed by atoms with Crippen LogP contribution < -0.4 is 5.32 Å². The van der Waals surface area contributed by atoms with E-state index >= 15 is 0 Å². The fourth-order valence-corrected chi connectivity index (χ4v) is 3.86. The highest BCUT2D eigenvalue weighted by Gasteiger charge is 2.27. The highest BCUT2D eigenvalue weighted by Crippen LogP contribution is 2.31. The molecule has 1 N–H and O–H groups in total. The molecule has 0 aromatic carbocycles. The molecule has 4 rings (SSSR count). The smallest absolute Gasteiger partial charge is 0.248 e. The molecule has 2 aromatic rings. The lowest BCUT2D eigenvalue weighted by molar-refractivity contribution is 0.185. The fourth-order valence-electron chi connectivity index (χ4n) is 2.94. The van der Waals surface area contributed by atoms with Crippen LogP contribution in [0.1, 0.15) is 34.6 Å². The zero-order chi connectivity index (χ0) is 13.4. The molecule has 0 spiro atoms. The van der Waals surface area contributed by atoms with Crippen molar-refractivity contribution in [3.05, 3.63) is 33.6 Å².